The van der Waals surface area contributed by atoms with E-state index in [-0.39, 0.29) is 12.1 Å². The van der Waals surface area contributed by atoms with Crippen LogP contribution in [0.1, 0.15) is 41.0 Å². The second-order valence-corrected chi connectivity index (χ2v) is 4.67. The van der Waals surface area contributed by atoms with Gasteiger partial charge in [0.1, 0.15) is 5.54 Å². The van der Waals surface area contributed by atoms with Crippen molar-refractivity contribution in [2.75, 3.05) is 33.0 Å². The number of esters is 1. The van der Waals surface area contributed by atoms with Crippen molar-refractivity contribution in [3.63, 3.8) is 0 Å². The lowest BCUT2D eigenvalue weighted by molar-refractivity contribution is -0.152. The maximum atomic E-state index is 12.0. The van der Waals surface area contributed by atoms with E-state index in [0.29, 0.717) is 39.4 Å². The van der Waals surface area contributed by atoms with Crippen LogP contribution in [0, 0.1) is 0 Å². The van der Waals surface area contributed by atoms with Gasteiger partial charge in [-0.2, -0.15) is 0 Å². The van der Waals surface area contributed by atoms with Gasteiger partial charge < -0.3 is 19.5 Å². The summed E-state index contributed by atoms with van der Waals surface area (Å²) in [5.74, 6) is -0.225. The molecular weight excluding hydrogens is 246 g/mol. The minimum atomic E-state index is -0.699. The highest BCUT2D eigenvalue weighted by atomic mass is 16.5. The van der Waals surface area contributed by atoms with E-state index in [0.717, 1.165) is 0 Å². The molecule has 0 heterocycles. The molecule has 0 saturated heterocycles. The van der Waals surface area contributed by atoms with Crippen molar-refractivity contribution in [3.8, 4) is 0 Å². The molecule has 0 bridgehead atoms. The molecule has 2 atom stereocenters. The molecule has 0 fully saturated rings. The van der Waals surface area contributed by atoms with Crippen molar-refractivity contribution in [3.05, 3.63) is 0 Å². The molecule has 0 aromatic rings. The summed E-state index contributed by atoms with van der Waals surface area (Å²) >= 11 is 0. The first-order valence-corrected chi connectivity index (χ1v) is 7.11. The van der Waals surface area contributed by atoms with Crippen LogP contribution >= 0.6 is 0 Å². The van der Waals surface area contributed by atoms with Gasteiger partial charge in [-0.1, -0.05) is 6.92 Å². The fourth-order valence-corrected chi connectivity index (χ4v) is 1.99. The van der Waals surface area contributed by atoms with Crippen LogP contribution < -0.4 is 5.32 Å². The Kier molecular flexibility index (Phi) is 9.83. The molecule has 2 unspecified atom stereocenters. The molecule has 0 aliphatic heterocycles. The van der Waals surface area contributed by atoms with E-state index in [1.165, 1.54) is 0 Å². The molecule has 0 aromatic carbocycles. The van der Waals surface area contributed by atoms with Gasteiger partial charge in [0.05, 0.1) is 25.9 Å². The zero-order valence-electron chi connectivity index (χ0n) is 13.0. The third-order valence-corrected chi connectivity index (χ3v) is 2.82. The molecule has 5 heteroatoms. The number of carbonyl (C=O) groups is 1. The van der Waals surface area contributed by atoms with Gasteiger partial charge >= 0.3 is 5.97 Å². The predicted molar refractivity (Wildman–Crippen MR) is 75.2 cm³/mol. The normalized spacial score (nSPS) is 15.8. The topological polar surface area (TPSA) is 56.8 Å². The number of carbonyl (C=O) groups excluding carboxylic acids is 1. The molecule has 0 aliphatic rings. The smallest absolute Gasteiger partial charge is 0.326 e. The summed E-state index contributed by atoms with van der Waals surface area (Å²) in [6, 6.07) is 0. The van der Waals surface area contributed by atoms with Gasteiger partial charge in [0, 0.05) is 13.0 Å². The van der Waals surface area contributed by atoms with Gasteiger partial charge in [-0.25, -0.2) is 0 Å². The molecule has 0 aliphatic carbocycles. The Bertz CT molecular complexity index is 248. The Labute approximate surface area is 117 Å². The second-order valence-electron chi connectivity index (χ2n) is 4.67. The fourth-order valence-electron chi connectivity index (χ4n) is 1.99. The molecule has 0 radical (unpaired) electrons. The van der Waals surface area contributed by atoms with Crippen molar-refractivity contribution in [1.82, 2.24) is 5.32 Å². The molecule has 0 rings (SSSR count). The highest BCUT2D eigenvalue weighted by Gasteiger charge is 2.35. The molecule has 19 heavy (non-hydrogen) atoms. The first kappa shape index (κ1) is 18.4. The average molecular weight is 275 g/mol. The Morgan fingerprint density at radius 1 is 1.21 bits per heavy atom. The number of hydrogen-bond donors (Lipinski definition) is 1. The molecular formula is C14H29NO4. The summed E-state index contributed by atoms with van der Waals surface area (Å²) in [4.78, 5) is 12.0. The first-order chi connectivity index (χ1) is 9.00. The van der Waals surface area contributed by atoms with Crippen LogP contribution in [0.4, 0.5) is 0 Å². The molecule has 0 spiro atoms. The first-order valence-electron chi connectivity index (χ1n) is 7.11. The van der Waals surface area contributed by atoms with Gasteiger partial charge in [0.2, 0.25) is 0 Å². The SMILES string of the molecule is CCNC(C)(CC(C)OCCOCC)C(=O)OCC. The van der Waals surface area contributed by atoms with Crippen LogP contribution in [-0.2, 0) is 19.0 Å². The van der Waals surface area contributed by atoms with Crippen molar-refractivity contribution < 1.29 is 19.0 Å². The van der Waals surface area contributed by atoms with Crippen LogP contribution in [0.3, 0.4) is 0 Å². The molecule has 0 saturated carbocycles. The highest BCUT2D eigenvalue weighted by molar-refractivity contribution is 5.80. The largest absolute Gasteiger partial charge is 0.465 e. The number of nitrogens with one attached hydrogen (secondary N) is 1. The Morgan fingerprint density at radius 2 is 1.89 bits per heavy atom. The van der Waals surface area contributed by atoms with Crippen LogP contribution in [0.15, 0.2) is 0 Å². The molecule has 0 aromatic heterocycles. The standard InChI is InChI=1S/C14H29NO4/c1-6-15-14(5,13(16)18-8-3)11-12(4)19-10-9-17-7-2/h12,15H,6-11H2,1-5H3. The molecule has 114 valence electrons. The monoisotopic (exact) mass is 275 g/mol. The van der Waals surface area contributed by atoms with Crippen molar-refractivity contribution in [2.45, 2.75) is 52.7 Å². The summed E-state index contributed by atoms with van der Waals surface area (Å²) < 4.78 is 16.0. The van der Waals surface area contributed by atoms with Gasteiger partial charge in [-0.3, -0.25) is 4.79 Å². The van der Waals surface area contributed by atoms with Crippen LogP contribution in [0.25, 0.3) is 0 Å². The number of rotatable bonds is 11. The van der Waals surface area contributed by atoms with Crippen LogP contribution in [0.5, 0.6) is 0 Å². The summed E-state index contributed by atoms with van der Waals surface area (Å²) in [5.41, 5.74) is -0.699. The van der Waals surface area contributed by atoms with E-state index in [1.54, 1.807) is 0 Å². The molecule has 0 amide bonds. The summed E-state index contributed by atoms with van der Waals surface area (Å²) in [7, 11) is 0. The number of likely N-dealkylation sites (N-methyl/N-ethyl adjacent to an activating group) is 1. The third kappa shape index (κ3) is 7.50. The van der Waals surface area contributed by atoms with Gasteiger partial charge in [0.15, 0.2) is 0 Å². The number of ether oxygens (including phenoxy) is 3. The van der Waals surface area contributed by atoms with Gasteiger partial charge in [0.25, 0.3) is 0 Å². The third-order valence-electron chi connectivity index (χ3n) is 2.82. The van der Waals surface area contributed by atoms with Gasteiger partial charge in [-0.15, -0.1) is 0 Å². The minimum Gasteiger partial charge on any atom is -0.465 e. The Balaban J connectivity index is 4.27. The van der Waals surface area contributed by atoms with Crippen molar-refractivity contribution >= 4 is 5.97 Å². The lowest BCUT2D eigenvalue weighted by Crippen LogP contribution is -2.52. The van der Waals surface area contributed by atoms with E-state index in [9.17, 15) is 4.79 Å². The van der Waals surface area contributed by atoms with E-state index in [1.807, 2.05) is 34.6 Å². The van der Waals surface area contributed by atoms with Gasteiger partial charge in [-0.05, 0) is 34.2 Å². The summed E-state index contributed by atoms with van der Waals surface area (Å²) in [6.45, 7) is 12.5. The van der Waals surface area contributed by atoms with E-state index in [4.69, 9.17) is 14.2 Å². The minimum absolute atomic E-state index is 0.0334. The lowest BCUT2D eigenvalue weighted by Gasteiger charge is -2.30. The lowest BCUT2D eigenvalue weighted by atomic mass is 9.94. The predicted octanol–water partition coefficient (Wildman–Crippen LogP) is 1.75. The van der Waals surface area contributed by atoms with E-state index >= 15 is 0 Å². The molecule has 1 N–H and O–H groups in total. The fraction of sp³-hybridized carbons (Fsp3) is 0.929. The zero-order valence-corrected chi connectivity index (χ0v) is 13.0. The zero-order chi connectivity index (χ0) is 14.7. The average Bonchev–Trinajstić information content (AvgIpc) is 2.35. The van der Waals surface area contributed by atoms with Crippen LogP contribution in [-0.4, -0.2) is 50.6 Å². The van der Waals surface area contributed by atoms with E-state index < -0.39 is 5.54 Å². The Morgan fingerprint density at radius 3 is 2.42 bits per heavy atom. The summed E-state index contributed by atoms with van der Waals surface area (Å²) in [6.07, 6.45) is 0.542. The summed E-state index contributed by atoms with van der Waals surface area (Å²) in [5, 5.41) is 3.19. The molecule has 5 nitrogen and oxygen atoms in total. The maximum absolute atomic E-state index is 12.0. The second kappa shape index (κ2) is 10.2. The van der Waals surface area contributed by atoms with Crippen LogP contribution in [0.2, 0.25) is 0 Å². The van der Waals surface area contributed by atoms with E-state index in [2.05, 4.69) is 5.32 Å². The Hall–Kier alpha value is -0.650. The quantitative estimate of drug-likeness (QED) is 0.460. The number of hydrogen-bond acceptors (Lipinski definition) is 5. The van der Waals surface area contributed by atoms with Crippen molar-refractivity contribution in [2.24, 2.45) is 0 Å². The highest BCUT2D eigenvalue weighted by Crippen LogP contribution is 2.16. The van der Waals surface area contributed by atoms with Crippen molar-refractivity contribution in [1.29, 1.82) is 0 Å². The maximum Gasteiger partial charge on any atom is 0.326 e.